The van der Waals surface area contributed by atoms with Crippen LogP contribution in [0.25, 0.3) is 0 Å². The lowest BCUT2D eigenvalue weighted by atomic mass is 9.92. The molecule has 0 fully saturated rings. The number of carbonyl (C=O) groups excluding carboxylic acids is 1. The lowest BCUT2D eigenvalue weighted by Gasteiger charge is -2.21. The van der Waals surface area contributed by atoms with E-state index in [0.717, 1.165) is 0 Å². The number of hydrogen-bond acceptors (Lipinski definition) is 4. The molecule has 16 heavy (non-hydrogen) atoms. The summed E-state index contributed by atoms with van der Waals surface area (Å²) in [6, 6.07) is 2.66. The summed E-state index contributed by atoms with van der Waals surface area (Å²) in [7, 11) is 0. The van der Waals surface area contributed by atoms with Crippen molar-refractivity contribution in [3.05, 3.63) is 22.5 Å². The van der Waals surface area contributed by atoms with Crippen LogP contribution in [0, 0.1) is 5.41 Å². The van der Waals surface area contributed by atoms with Crippen molar-refractivity contribution in [2.75, 3.05) is 5.32 Å². The molecule has 1 amide bonds. The monoisotopic (exact) mass is 240 g/mol. The number of carbonyl (C=O) groups is 1. The minimum Gasteiger partial charge on any atom is -0.392 e. The summed E-state index contributed by atoms with van der Waals surface area (Å²) in [6.45, 7) is 3.21. The molecule has 0 aliphatic rings. The van der Waals surface area contributed by atoms with Gasteiger partial charge in [-0.1, -0.05) is 12.2 Å². The molecule has 0 spiro atoms. The smallest absolute Gasteiger partial charge is 0.264 e. The zero-order valence-electron chi connectivity index (χ0n) is 8.90. The first-order valence-corrected chi connectivity index (χ1v) is 4.92. The van der Waals surface area contributed by atoms with Gasteiger partial charge in [0.2, 0.25) is 5.91 Å². The maximum absolute atomic E-state index is 11.7. The Kier molecular flexibility index (Phi) is 3.38. The molecule has 7 heteroatoms. The van der Waals surface area contributed by atoms with Crippen molar-refractivity contribution in [1.29, 1.82) is 0 Å². The van der Waals surface area contributed by atoms with Crippen molar-refractivity contribution in [3.8, 4) is 0 Å². The van der Waals surface area contributed by atoms with E-state index in [4.69, 9.17) is 18.0 Å². The summed E-state index contributed by atoms with van der Waals surface area (Å²) in [5, 5.41) is 8.34. The van der Waals surface area contributed by atoms with Gasteiger partial charge in [0.1, 0.15) is 0 Å². The standard InChI is InChI=1S/C9H12N4O2S/c1-9(2,7(10)16)8(15)11-5-3-4-6(14)13-12-5/h3-4H,1-2H3,(H2,10,16)(H,13,14)(H,11,12,15). The van der Waals surface area contributed by atoms with Gasteiger partial charge in [0.25, 0.3) is 5.56 Å². The third-order valence-corrected chi connectivity index (χ3v) is 2.61. The van der Waals surface area contributed by atoms with Gasteiger partial charge in [-0.15, -0.1) is 0 Å². The number of nitrogens with one attached hydrogen (secondary N) is 2. The van der Waals surface area contributed by atoms with Crippen LogP contribution in [-0.2, 0) is 4.79 Å². The molecule has 0 unspecified atom stereocenters. The summed E-state index contributed by atoms with van der Waals surface area (Å²) in [5.41, 5.74) is 4.14. The lowest BCUT2D eigenvalue weighted by molar-refractivity contribution is -0.121. The maximum atomic E-state index is 11.7. The van der Waals surface area contributed by atoms with Gasteiger partial charge in [0.05, 0.1) is 10.4 Å². The zero-order chi connectivity index (χ0) is 12.3. The van der Waals surface area contributed by atoms with Gasteiger partial charge in [0.15, 0.2) is 5.82 Å². The van der Waals surface area contributed by atoms with E-state index >= 15 is 0 Å². The average Bonchev–Trinajstić information content (AvgIpc) is 2.21. The van der Waals surface area contributed by atoms with Gasteiger partial charge in [0, 0.05) is 6.07 Å². The van der Waals surface area contributed by atoms with E-state index in [-0.39, 0.29) is 22.3 Å². The van der Waals surface area contributed by atoms with Gasteiger partial charge < -0.3 is 11.1 Å². The molecule has 6 nitrogen and oxygen atoms in total. The minimum atomic E-state index is -0.965. The zero-order valence-corrected chi connectivity index (χ0v) is 9.72. The highest BCUT2D eigenvalue weighted by Crippen LogP contribution is 2.17. The van der Waals surface area contributed by atoms with E-state index in [9.17, 15) is 9.59 Å². The Hall–Kier alpha value is -1.76. The predicted octanol–water partition coefficient (Wildman–Crippen LogP) is 0.0207. The summed E-state index contributed by atoms with van der Waals surface area (Å²) in [6.07, 6.45) is 0. The second-order valence-corrected chi connectivity index (χ2v) is 4.19. The van der Waals surface area contributed by atoms with E-state index in [2.05, 4.69) is 15.5 Å². The quantitative estimate of drug-likeness (QED) is 0.647. The Balaban J connectivity index is 2.83. The molecule has 0 saturated heterocycles. The highest BCUT2D eigenvalue weighted by atomic mass is 32.1. The first-order chi connectivity index (χ1) is 7.34. The van der Waals surface area contributed by atoms with Crippen LogP contribution < -0.4 is 16.6 Å². The topological polar surface area (TPSA) is 101 Å². The largest absolute Gasteiger partial charge is 0.392 e. The number of rotatable bonds is 3. The summed E-state index contributed by atoms with van der Waals surface area (Å²) >= 11 is 4.78. The Morgan fingerprint density at radius 2 is 2.19 bits per heavy atom. The minimum absolute atomic E-state index is 0.0921. The van der Waals surface area contributed by atoms with Crippen molar-refractivity contribution >= 4 is 28.9 Å². The summed E-state index contributed by atoms with van der Waals surface area (Å²) in [5.74, 6) is -0.131. The molecule has 0 radical (unpaired) electrons. The number of aromatic amines is 1. The van der Waals surface area contributed by atoms with Gasteiger partial charge in [-0.25, -0.2) is 5.10 Å². The number of hydrogen-bond donors (Lipinski definition) is 3. The molecule has 0 aliphatic heterocycles. The fraction of sp³-hybridized carbons (Fsp3) is 0.333. The number of nitrogens with zero attached hydrogens (tertiary/aromatic N) is 1. The van der Waals surface area contributed by atoms with Crippen LogP contribution in [0.5, 0.6) is 0 Å². The number of nitrogens with two attached hydrogens (primary N) is 1. The first kappa shape index (κ1) is 12.3. The maximum Gasteiger partial charge on any atom is 0.264 e. The second kappa shape index (κ2) is 4.40. The Labute approximate surface area is 97.2 Å². The molecule has 1 aromatic rings. The van der Waals surface area contributed by atoms with Crippen molar-refractivity contribution < 1.29 is 4.79 Å². The van der Waals surface area contributed by atoms with Crippen LogP contribution in [-0.4, -0.2) is 21.1 Å². The van der Waals surface area contributed by atoms with E-state index in [0.29, 0.717) is 0 Å². The van der Waals surface area contributed by atoms with Crippen LogP contribution in [0.15, 0.2) is 16.9 Å². The Morgan fingerprint density at radius 3 is 2.62 bits per heavy atom. The third kappa shape index (κ3) is 2.63. The Bertz CT molecular complexity index is 460. The molecule has 0 atom stereocenters. The molecule has 1 aromatic heterocycles. The fourth-order valence-electron chi connectivity index (χ4n) is 0.799. The first-order valence-electron chi connectivity index (χ1n) is 4.51. The highest BCUT2D eigenvalue weighted by Gasteiger charge is 2.31. The van der Waals surface area contributed by atoms with Crippen LogP contribution >= 0.6 is 12.2 Å². The molecule has 0 aliphatic carbocycles. The second-order valence-electron chi connectivity index (χ2n) is 3.75. The van der Waals surface area contributed by atoms with E-state index in [1.807, 2.05) is 0 Å². The van der Waals surface area contributed by atoms with E-state index < -0.39 is 5.41 Å². The van der Waals surface area contributed by atoms with Crippen molar-refractivity contribution in [2.45, 2.75) is 13.8 Å². The molecule has 4 N–H and O–H groups in total. The van der Waals surface area contributed by atoms with Crippen molar-refractivity contribution in [3.63, 3.8) is 0 Å². The molecule has 1 heterocycles. The number of amides is 1. The summed E-state index contributed by atoms with van der Waals surface area (Å²) < 4.78 is 0. The van der Waals surface area contributed by atoms with Crippen LogP contribution in [0.4, 0.5) is 5.82 Å². The van der Waals surface area contributed by atoms with Gasteiger partial charge >= 0.3 is 0 Å². The molecule has 1 rings (SSSR count). The van der Waals surface area contributed by atoms with Crippen LogP contribution in [0.1, 0.15) is 13.8 Å². The average molecular weight is 240 g/mol. The van der Waals surface area contributed by atoms with E-state index in [1.165, 1.54) is 12.1 Å². The van der Waals surface area contributed by atoms with Gasteiger partial charge in [-0.2, -0.15) is 5.10 Å². The van der Waals surface area contributed by atoms with Gasteiger partial charge in [-0.3, -0.25) is 9.59 Å². The Morgan fingerprint density at radius 1 is 1.56 bits per heavy atom. The molecule has 0 saturated carbocycles. The molecule has 0 aromatic carbocycles. The SMILES string of the molecule is CC(C)(C(=O)Nc1ccc(=O)[nH]n1)C(N)=S. The fourth-order valence-corrected chi connectivity index (χ4v) is 0.891. The summed E-state index contributed by atoms with van der Waals surface area (Å²) in [4.78, 5) is 22.6. The molecule has 86 valence electrons. The normalized spacial score (nSPS) is 10.9. The lowest BCUT2D eigenvalue weighted by Crippen LogP contribution is -2.41. The highest BCUT2D eigenvalue weighted by molar-refractivity contribution is 7.80. The number of anilines is 1. The number of thiocarbonyl (C=S) groups is 1. The predicted molar refractivity (Wildman–Crippen MR) is 64.1 cm³/mol. The molecular weight excluding hydrogens is 228 g/mol. The number of H-pyrrole nitrogens is 1. The molecule has 0 bridgehead atoms. The van der Waals surface area contributed by atoms with Crippen LogP contribution in [0.2, 0.25) is 0 Å². The van der Waals surface area contributed by atoms with E-state index in [1.54, 1.807) is 13.8 Å². The van der Waals surface area contributed by atoms with Gasteiger partial charge in [-0.05, 0) is 19.9 Å². The van der Waals surface area contributed by atoms with Crippen LogP contribution in [0.3, 0.4) is 0 Å². The third-order valence-electron chi connectivity index (χ3n) is 2.10. The van der Waals surface area contributed by atoms with Crippen molar-refractivity contribution in [2.24, 2.45) is 11.1 Å². The number of aromatic nitrogens is 2. The molecular formula is C9H12N4O2S. The van der Waals surface area contributed by atoms with Crippen molar-refractivity contribution in [1.82, 2.24) is 10.2 Å².